The van der Waals surface area contributed by atoms with Crippen LogP contribution in [0.1, 0.15) is 15.9 Å². The van der Waals surface area contributed by atoms with E-state index in [1.807, 2.05) is 66.7 Å². The molecule has 5 rings (SSSR count). The van der Waals surface area contributed by atoms with Crippen LogP contribution in [-0.2, 0) is 30.4 Å². The van der Waals surface area contributed by atoms with Crippen LogP contribution in [-0.4, -0.2) is 5.97 Å². The number of hydrogen-bond acceptors (Lipinski definition) is 2. The summed E-state index contributed by atoms with van der Waals surface area (Å²) in [6, 6.07) is 40.2. The van der Waals surface area contributed by atoms with Crippen molar-refractivity contribution < 1.29 is 29.0 Å². The molecule has 5 aromatic rings. The van der Waals surface area contributed by atoms with Gasteiger partial charge in [-0.3, -0.25) is 5.92 Å². The Bertz CT molecular complexity index is 1510. The molecule has 0 aromatic heterocycles. The maximum atomic E-state index is 13.2. The fourth-order valence-electron chi connectivity index (χ4n) is 4.30. The molecule has 38 heavy (non-hydrogen) atoms. The minimum absolute atomic E-state index is 0. The normalized spacial score (nSPS) is 10.8. The summed E-state index contributed by atoms with van der Waals surface area (Å²) in [7, 11) is -0.260. The first-order valence-electron chi connectivity index (χ1n) is 12.1. The van der Waals surface area contributed by atoms with Gasteiger partial charge in [-0.15, -0.1) is 12.2 Å². The Kier molecular flexibility index (Phi) is 8.99. The molecule has 189 valence electrons. The largest absolute Gasteiger partial charge is 2.00 e. The van der Waals surface area contributed by atoms with Crippen molar-refractivity contribution in [1.29, 1.82) is 0 Å². The Labute approximate surface area is 240 Å². The first-order valence-corrected chi connectivity index (χ1v) is 13.3. The van der Waals surface area contributed by atoms with Gasteiger partial charge in [-0.1, -0.05) is 66.7 Å². The third-order valence-corrected chi connectivity index (χ3v) is 8.44. The van der Waals surface area contributed by atoms with E-state index in [-0.39, 0.29) is 36.3 Å². The predicted molar refractivity (Wildman–Crippen MR) is 154 cm³/mol. The maximum absolute atomic E-state index is 13.2. The van der Waals surface area contributed by atoms with Crippen molar-refractivity contribution >= 4 is 33.2 Å². The van der Waals surface area contributed by atoms with Crippen molar-refractivity contribution in [2.45, 2.75) is 14.7 Å². The molecule has 0 atom stereocenters. The molecule has 0 aliphatic heterocycles. The van der Waals surface area contributed by atoms with E-state index in [9.17, 15) is 4.79 Å². The van der Waals surface area contributed by atoms with Crippen LogP contribution >= 0.6 is 0 Å². The molecular weight excluding hydrogens is 575 g/mol. The van der Waals surface area contributed by atoms with Crippen LogP contribution in [0.2, 0.25) is 0 Å². The van der Waals surface area contributed by atoms with Gasteiger partial charge in [-0.2, -0.15) is 0 Å². The van der Waals surface area contributed by atoms with Gasteiger partial charge in [0.15, 0.2) is 14.7 Å². The smallest absolute Gasteiger partial charge is 0.423 e. The standard InChI is InChI=1S/C34H27O2S.Rh/c1-24(2)25(3)30-22-23-33(32-17-11-10-16-31(30)32)34(35)36-26-18-20-29(21-19-26)37(27-12-6-4-7-13-27)28-14-8-5-9-15-28;/h4-24H,1-3H2;/q-1;+2. The molecule has 0 spiro atoms. The van der Waals surface area contributed by atoms with Crippen LogP contribution < -0.4 is 4.74 Å². The zero-order valence-corrected chi connectivity index (χ0v) is 23.3. The summed E-state index contributed by atoms with van der Waals surface area (Å²) in [6.07, 6.45) is 0. The third kappa shape index (κ3) is 5.83. The summed E-state index contributed by atoms with van der Waals surface area (Å²) in [5.41, 5.74) is 2.29. The zero-order valence-electron chi connectivity index (χ0n) is 20.8. The topological polar surface area (TPSA) is 26.3 Å². The Hall–Kier alpha value is -3.46. The van der Waals surface area contributed by atoms with Gasteiger partial charge in [-0.25, -0.2) is 4.79 Å². The fraction of sp³-hybridized carbons (Fsp3) is 0.0294. The number of fused-ring (bicyclic) bond motifs is 1. The first-order chi connectivity index (χ1) is 18.0. The van der Waals surface area contributed by atoms with Gasteiger partial charge in [0.2, 0.25) is 0 Å². The average molecular weight is 603 g/mol. The third-order valence-electron chi connectivity index (χ3n) is 6.21. The molecule has 0 unspecified atom stereocenters. The van der Waals surface area contributed by atoms with Crippen molar-refractivity contribution in [2.75, 3.05) is 0 Å². The van der Waals surface area contributed by atoms with E-state index in [1.165, 1.54) is 9.79 Å². The minimum Gasteiger partial charge on any atom is -0.423 e. The number of carbonyl (C=O) groups excluding carboxylic acids is 1. The summed E-state index contributed by atoms with van der Waals surface area (Å²) >= 11 is 0. The maximum Gasteiger partial charge on any atom is 2.00 e. The molecule has 0 saturated heterocycles. The van der Waals surface area contributed by atoms with Gasteiger partial charge < -0.3 is 18.6 Å². The Morgan fingerprint density at radius 3 is 1.61 bits per heavy atom. The molecule has 0 heterocycles. The molecule has 5 aromatic carbocycles. The van der Waals surface area contributed by atoms with Gasteiger partial charge in [0.25, 0.3) is 0 Å². The molecule has 0 N–H and O–H groups in total. The number of esters is 1. The monoisotopic (exact) mass is 602 g/mol. The van der Waals surface area contributed by atoms with Crippen LogP contribution in [0.15, 0.2) is 143 Å². The second-order valence-electron chi connectivity index (χ2n) is 8.72. The van der Waals surface area contributed by atoms with Crippen LogP contribution in [0, 0.1) is 19.8 Å². The van der Waals surface area contributed by atoms with E-state index in [2.05, 4.69) is 69.0 Å². The second-order valence-corrected chi connectivity index (χ2v) is 10.7. The second kappa shape index (κ2) is 12.4. The Balaban J connectivity index is 0.00000336. The van der Waals surface area contributed by atoms with Crippen molar-refractivity contribution in [3.05, 3.63) is 153 Å². The van der Waals surface area contributed by atoms with Crippen LogP contribution in [0.4, 0.5) is 0 Å². The molecule has 0 amide bonds. The Morgan fingerprint density at radius 2 is 1.08 bits per heavy atom. The van der Waals surface area contributed by atoms with Crippen molar-refractivity contribution in [3.63, 3.8) is 0 Å². The molecule has 2 nitrogen and oxygen atoms in total. The van der Waals surface area contributed by atoms with Crippen molar-refractivity contribution in [2.24, 2.45) is 5.92 Å². The zero-order chi connectivity index (χ0) is 25.8. The van der Waals surface area contributed by atoms with Gasteiger partial charge in [-0.05, 0) is 70.9 Å². The van der Waals surface area contributed by atoms with Crippen LogP contribution in [0.5, 0.6) is 5.75 Å². The summed E-state index contributed by atoms with van der Waals surface area (Å²) in [4.78, 5) is 16.9. The van der Waals surface area contributed by atoms with E-state index < -0.39 is 5.97 Å². The van der Waals surface area contributed by atoms with Gasteiger partial charge in [0.1, 0.15) is 5.75 Å². The average Bonchev–Trinajstić information content (AvgIpc) is 2.94. The number of hydrogen-bond donors (Lipinski definition) is 0. The number of allylic oxidation sites excluding steroid dienone is 1. The first kappa shape index (κ1) is 27.6. The number of carbonyl (C=O) groups is 1. The molecule has 1 radical (unpaired) electrons. The molecule has 0 saturated carbocycles. The SMILES string of the molecule is C=C(c1ccc(C(=O)Oc2ccc([S+](c3ccccc3)c3ccccc3)cc2)c2ccccc12)C([CH2-])[CH2-].[Rh+2]. The molecule has 0 aliphatic rings. The minimum atomic E-state index is -0.396. The summed E-state index contributed by atoms with van der Waals surface area (Å²) < 4.78 is 5.82. The van der Waals surface area contributed by atoms with Gasteiger partial charge in [0, 0.05) is 0 Å². The molecule has 4 heteroatoms. The van der Waals surface area contributed by atoms with E-state index >= 15 is 0 Å². The van der Waals surface area contributed by atoms with Gasteiger partial charge in [0.05, 0.1) is 16.5 Å². The molecule has 0 fully saturated rings. The van der Waals surface area contributed by atoms with E-state index in [1.54, 1.807) is 6.07 Å². The van der Waals surface area contributed by atoms with Crippen LogP contribution in [0.3, 0.4) is 0 Å². The molecular formula is C34H27O2RhS+. The fourth-order valence-corrected chi connectivity index (χ4v) is 6.39. The quantitative estimate of drug-likeness (QED) is 0.0615. The van der Waals surface area contributed by atoms with E-state index in [0.29, 0.717) is 11.3 Å². The molecule has 0 aliphatic carbocycles. The van der Waals surface area contributed by atoms with E-state index in [0.717, 1.165) is 26.8 Å². The van der Waals surface area contributed by atoms with E-state index in [4.69, 9.17) is 4.74 Å². The summed E-state index contributed by atoms with van der Waals surface area (Å²) in [6.45, 7) is 12.1. The summed E-state index contributed by atoms with van der Waals surface area (Å²) in [5, 5.41) is 1.75. The predicted octanol–water partition coefficient (Wildman–Crippen LogP) is 8.45. The Morgan fingerprint density at radius 1 is 0.632 bits per heavy atom. The van der Waals surface area contributed by atoms with Crippen LogP contribution in [0.25, 0.3) is 16.3 Å². The number of ether oxygens (including phenoxy) is 1. The molecule has 0 bridgehead atoms. The van der Waals surface area contributed by atoms with Crippen molar-refractivity contribution in [1.82, 2.24) is 0 Å². The van der Waals surface area contributed by atoms with Gasteiger partial charge >= 0.3 is 25.4 Å². The summed E-state index contributed by atoms with van der Waals surface area (Å²) in [5.74, 6) is -0.0744. The van der Waals surface area contributed by atoms with Crippen molar-refractivity contribution in [3.8, 4) is 5.75 Å². The number of benzene rings is 5. The number of rotatable bonds is 7.